The first-order valence-corrected chi connectivity index (χ1v) is 10.3. The Hall–Kier alpha value is -3.05. The van der Waals surface area contributed by atoms with E-state index in [0.717, 1.165) is 34.6 Å². The minimum atomic E-state index is -0.247. The van der Waals surface area contributed by atoms with Crippen LogP contribution in [-0.4, -0.2) is 10.9 Å². The first kappa shape index (κ1) is 17.1. The maximum absolute atomic E-state index is 13.3. The Morgan fingerprint density at radius 3 is 2.46 bits per heavy atom. The van der Waals surface area contributed by atoms with Crippen LogP contribution in [-0.2, 0) is 4.79 Å². The quantitative estimate of drug-likeness (QED) is 0.548. The van der Waals surface area contributed by atoms with Crippen LogP contribution in [0, 0.1) is 0 Å². The zero-order valence-electron chi connectivity index (χ0n) is 15.2. The zero-order valence-corrected chi connectivity index (χ0v) is 16.0. The molecular formula is C23H20N2O2S. The van der Waals surface area contributed by atoms with Crippen LogP contribution in [0.5, 0.6) is 5.75 Å². The molecule has 4 nitrogen and oxygen atoms in total. The summed E-state index contributed by atoms with van der Waals surface area (Å²) in [4.78, 5) is 14.6. The Balaban J connectivity index is 1.62. The number of benzene rings is 2. The van der Waals surface area contributed by atoms with Gasteiger partial charge in [0.15, 0.2) is 5.78 Å². The van der Waals surface area contributed by atoms with E-state index >= 15 is 0 Å². The third-order valence-corrected chi connectivity index (χ3v) is 6.52. The fourth-order valence-corrected chi connectivity index (χ4v) is 4.96. The molecule has 3 aromatic rings. The fraction of sp³-hybridized carbons (Fsp3) is 0.174. The van der Waals surface area contributed by atoms with E-state index in [-0.39, 0.29) is 23.5 Å². The molecule has 2 aliphatic rings. The number of para-hydroxylation sites is 2. The SMILES string of the molecule is O=C1CC(c2cccs2)CC2=C1C(c1ccc(O)cc1)Nc1ccccc1N2. The number of nitrogens with one attached hydrogen (secondary N) is 2. The predicted octanol–water partition coefficient (Wildman–Crippen LogP) is 5.43. The van der Waals surface area contributed by atoms with Crippen LogP contribution in [0.25, 0.3) is 0 Å². The number of carbonyl (C=O) groups is 1. The lowest BCUT2D eigenvalue weighted by atomic mass is 9.81. The van der Waals surface area contributed by atoms with Crippen LogP contribution in [0.4, 0.5) is 11.4 Å². The van der Waals surface area contributed by atoms with Gasteiger partial charge < -0.3 is 15.7 Å². The average Bonchev–Trinajstić information content (AvgIpc) is 3.18. The molecule has 2 atom stereocenters. The molecule has 0 bridgehead atoms. The summed E-state index contributed by atoms with van der Waals surface area (Å²) in [7, 11) is 0. The summed E-state index contributed by atoms with van der Waals surface area (Å²) < 4.78 is 0. The van der Waals surface area contributed by atoms with Crippen molar-refractivity contribution in [3.05, 3.63) is 87.8 Å². The minimum absolute atomic E-state index is 0.172. The highest BCUT2D eigenvalue weighted by Crippen LogP contribution is 2.44. The van der Waals surface area contributed by atoms with Crippen molar-refractivity contribution < 1.29 is 9.90 Å². The van der Waals surface area contributed by atoms with Crippen molar-refractivity contribution in [1.82, 2.24) is 0 Å². The molecule has 140 valence electrons. The molecule has 2 unspecified atom stereocenters. The zero-order chi connectivity index (χ0) is 19.1. The molecule has 0 radical (unpaired) electrons. The van der Waals surface area contributed by atoms with E-state index in [0.29, 0.717) is 6.42 Å². The summed E-state index contributed by atoms with van der Waals surface area (Å²) in [6.07, 6.45) is 1.33. The number of fused-ring (bicyclic) bond motifs is 1. The van der Waals surface area contributed by atoms with E-state index in [4.69, 9.17) is 0 Å². The molecule has 5 heteroatoms. The molecule has 0 fully saturated rings. The molecule has 1 aliphatic heterocycles. The van der Waals surface area contributed by atoms with Crippen molar-refractivity contribution in [2.45, 2.75) is 24.8 Å². The van der Waals surface area contributed by atoms with Gasteiger partial charge in [-0.05, 0) is 47.7 Å². The summed E-state index contributed by atoms with van der Waals surface area (Å²) in [5, 5.41) is 18.9. The molecule has 0 spiro atoms. The van der Waals surface area contributed by atoms with Crippen molar-refractivity contribution in [2.24, 2.45) is 0 Å². The maximum Gasteiger partial charge on any atom is 0.163 e. The molecule has 0 saturated heterocycles. The van der Waals surface area contributed by atoms with Crippen LogP contribution in [0.2, 0.25) is 0 Å². The molecule has 2 heterocycles. The lowest BCUT2D eigenvalue weighted by molar-refractivity contribution is -0.116. The van der Waals surface area contributed by atoms with Gasteiger partial charge in [-0.15, -0.1) is 11.3 Å². The van der Waals surface area contributed by atoms with E-state index < -0.39 is 0 Å². The number of thiophene rings is 1. The third kappa shape index (κ3) is 2.98. The molecular weight excluding hydrogens is 368 g/mol. The summed E-state index contributed by atoms with van der Waals surface area (Å²) in [5.41, 5.74) is 4.71. The van der Waals surface area contributed by atoms with Gasteiger partial charge in [0, 0.05) is 28.5 Å². The predicted molar refractivity (Wildman–Crippen MR) is 113 cm³/mol. The van der Waals surface area contributed by atoms with Crippen molar-refractivity contribution in [3.63, 3.8) is 0 Å². The van der Waals surface area contributed by atoms with Gasteiger partial charge in [0.25, 0.3) is 0 Å². The van der Waals surface area contributed by atoms with Crippen molar-refractivity contribution in [1.29, 1.82) is 0 Å². The number of anilines is 2. The summed E-state index contributed by atoms with van der Waals surface area (Å²) >= 11 is 1.71. The molecule has 1 aromatic heterocycles. The average molecular weight is 388 g/mol. The van der Waals surface area contributed by atoms with E-state index in [1.807, 2.05) is 42.5 Å². The van der Waals surface area contributed by atoms with Gasteiger partial charge >= 0.3 is 0 Å². The van der Waals surface area contributed by atoms with Gasteiger partial charge in [-0.3, -0.25) is 4.79 Å². The molecule has 2 aromatic carbocycles. The highest BCUT2D eigenvalue weighted by Gasteiger charge is 2.36. The number of carbonyl (C=O) groups excluding carboxylic acids is 1. The van der Waals surface area contributed by atoms with Gasteiger partial charge in [-0.1, -0.05) is 30.3 Å². The lowest BCUT2D eigenvalue weighted by Crippen LogP contribution is -2.26. The van der Waals surface area contributed by atoms with Gasteiger partial charge in [0.05, 0.1) is 17.4 Å². The van der Waals surface area contributed by atoms with Gasteiger partial charge in [0.1, 0.15) is 5.75 Å². The Bertz CT molecular complexity index is 1050. The second-order valence-electron chi connectivity index (χ2n) is 7.28. The maximum atomic E-state index is 13.3. The second-order valence-corrected chi connectivity index (χ2v) is 8.25. The lowest BCUT2D eigenvalue weighted by Gasteiger charge is -2.29. The van der Waals surface area contributed by atoms with Gasteiger partial charge in [0.2, 0.25) is 0 Å². The minimum Gasteiger partial charge on any atom is -0.508 e. The van der Waals surface area contributed by atoms with E-state index in [2.05, 4.69) is 22.1 Å². The number of Topliss-reactive ketones (excluding diaryl/α,β-unsaturated/α-hetero) is 1. The highest BCUT2D eigenvalue weighted by molar-refractivity contribution is 7.10. The Morgan fingerprint density at radius 2 is 1.71 bits per heavy atom. The second kappa shape index (κ2) is 6.84. The number of hydrogen-bond donors (Lipinski definition) is 3. The number of phenols is 1. The summed E-state index contributed by atoms with van der Waals surface area (Å²) in [6, 6.07) is 19.1. The number of allylic oxidation sites excluding steroid dienone is 1. The van der Waals surface area contributed by atoms with Crippen LogP contribution >= 0.6 is 11.3 Å². The normalized spacial score (nSPS) is 21.2. The molecule has 0 saturated carbocycles. The van der Waals surface area contributed by atoms with Gasteiger partial charge in [-0.25, -0.2) is 0 Å². The standard InChI is InChI=1S/C23H20N2O2S/c26-16-9-7-14(8-10-16)23-22-19(24-17-4-1-2-5-18(17)25-23)12-15(13-20(22)27)21-6-3-11-28-21/h1-11,15,23-26H,12-13H2. The van der Waals surface area contributed by atoms with Crippen molar-refractivity contribution >= 4 is 28.5 Å². The van der Waals surface area contributed by atoms with Crippen LogP contribution < -0.4 is 10.6 Å². The van der Waals surface area contributed by atoms with E-state index in [9.17, 15) is 9.90 Å². The third-order valence-electron chi connectivity index (χ3n) is 5.48. The van der Waals surface area contributed by atoms with E-state index in [1.165, 1.54) is 4.88 Å². The molecule has 1 aliphatic carbocycles. The smallest absolute Gasteiger partial charge is 0.163 e. The van der Waals surface area contributed by atoms with Crippen LogP contribution in [0.1, 0.15) is 35.2 Å². The number of phenolic OH excluding ortho intramolecular Hbond substituents is 1. The Kier molecular flexibility index (Phi) is 4.17. The number of rotatable bonds is 2. The Morgan fingerprint density at radius 1 is 0.929 bits per heavy atom. The summed E-state index contributed by atoms with van der Waals surface area (Å²) in [5.74, 6) is 0.604. The number of ketones is 1. The molecule has 0 amide bonds. The Labute approximate surface area is 167 Å². The summed E-state index contributed by atoms with van der Waals surface area (Å²) in [6.45, 7) is 0. The number of aromatic hydroxyl groups is 1. The molecule has 28 heavy (non-hydrogen) atoms. The largest absolute Gasteiger partial charge is 0.508 e. The fourth-order valence-electron chi connectivity index (χ4n) is 4.13. The first-order valence-electron chi connectivity index (χ1n) is 9.40. The topological polar surface area (TPSA) is 61.4 Å². The van der Waals surface area contributed by atoms with Crippen molar-refractivity contribution in [3.8, 4) is 5.75 Å². The highest BCUT2D eigenvalue weighted by atomic mass is 32.1. The molecule has 5 rings (SSSR count). The van der Waals surface area contributed by atoms with Crippen LogP contribution in [0.15, 0.2) is 77.3 Å². The van der Waals surface area contributed by atoms with Gasteiger partial charge in [-0.2, -0.15) is 0 Å². The number of hydrogen-bond acceptors (Lipinski definition) is 5. The first-order chi connectivity index (χ1) is 13.7. The van der Waals surface area contributed by atoms with Crippen LogP contribution in [0.3, 0.4) is 0 Å². The molecule has 3 N–H and O–H groups in total. The monoisotopic (exact) mass is 388 g/mol. The van der Waals surface area contributed by atoms with E-state index in [1.54, 1.807) is 23.5 Å². The van der Waals surface area contributed by atoms with Crippen molar-refractivity contribution in [2.75, 3.05) is 10.6 Å².